The van der Waals surface area contributed by atoms with E-state index < -0.39 is 30.0 Å². The summed E-state index contributed by atoms with van der Waals surface area (Å²) in [6.07, 6.45) is -4.90. The highest BCUT2D eigenvalue weighted by molar-refractivity contribution is 7.99. The number of carbonyl (C=O) groups excluding carboxylic acids is 2. The Balaban J connectivity index is 1.99. The van der Waals surface area contributed by atoms with Gasteiger partial charge in [-0.15, -0.1) is 11.8 Å². The van der Waals surface area contributed by atoms with Crippen LogP contribution in [-0.4, -0.2) is 29.8 Å². The van der Waals surface area contributed by atoms with Gasteiger partial charge in [0.2, 0.25) is 11.8 Å². The summed E-state index contributed by atoms with van der Waals surface area (Å²) in [5.41, 5.74) is 0.527. The second-order valence-electron chi connectivity index (χ2n) is 5.18. The largest absolute Gasteiger partial charge is 0.408 e. The van der Waals surface area contributed by atoms with E-state index >= 15 is 0 Å². The number of nitrogens with one attached hydrogen (secondary N) is 2. The zero-order valence-corrected chi connectivity index (χ0v) is 13.3. The van der Waals surface area contributed by atoms with Gasteiger partial charge in [0, 0.05) is 10.6 Å². The molecule has 4 nitrogen and oxygen atoms in total. The Bertz CT molecular complexity index is 592. The highest BCUT2D eigenvalue weighted by Crippen LogP contribution is 2.29. The van der Waals surface area contributed by atoms with Gasteiger partial charge >= 0.3 is 6.18 Å². The van der Waals surface area contributed by atoms with Crippen LogP contribution in [0.25, 0.3) is 0 Å². The predicted molar refractivity (Wildman–Crippen MR) is 82.2 cm³/mol. The minimum absolute atomic E-state index is 0.120. The van der Waals surface area contributed by atoms with Crippen molar-refractivity contribution in [2.24, 2.45) is 5.92 Å². The number of carbonyl (C=O) groups is 2. The van der Waals surface area contributed by atoms with Crippen LogP contribution < -0.4 is 10.6 Å². The SMILES string of the molecule is CCSc1cccc(NC(=O)[C@@H]2CC[C@H](C(F)(F)F)NC2=O)c1. The minimum atomic E-state index is -4.48. The number of benzene rings is 1. The van der Waals surface area contributed by atoms with E-state index in [0.717, 1.165) is 10.6 Å². The van der Waals surface area contributed by atoms with Crippen molar-refractivity contribution in [1.82, 2.24) is 5.32 Å². The van der Waals surface area contributed by atoms with Gasteiger partial charge in [-0.05, 0) is 36.8 Å². The molecule has 0 aromatic heterocycles. The standard InChI is InChI=1S/C15H17F3N2O2S/c1-2-23-10-5-3-4-9(8-10)19-13(21)11-6-7-12(15(16,17)18)20-14(11)22/h3-5,8,11-12H,2,6-7H2,1H3,(H,19,21)(H,20,22)/t11-,12+/m0/s1. The summed E-state index contributed by atoms with van der Waals surface area (Å²) < 4.78 is 37.8. The van der Waals surface area contributed by atoms with Gasteiger partial charge in [-0.3, -0.25) is 9.59 Å². The van der Waals surface area contributed by atoms with E-state index in [4.69, 9.17) is 0 Å². The van der Waals surface area contributed by atoms with Crippen molar-refractivity contribution < 1.29 is 22.8 Å². The first-order valence-corrected chi connectivity index (χ1v) is 8.20. The van der Waals surface area contributed by atoms with Crippen molar-refractivity contribution in [2.45, 2.75) is 36.9 Å². The number of thioether (sulfide) groups is 1. The molecule has 23 heavy (non-hydrogen) atoms. The van der Waals surface area contributed by atoms with Crippen molar-refractivity contribution in [2.75, 3.05) is 11.1 Å². The molecule has 0 spiro atoms. The Kier molecular flexibility index (Phi) is 5.56. The Hall–Kier alpha value is -1.70. The molecule has 0 bridgehead atoms. The van der Waals surface area contributed by atoms with Crippen molar-refractivity contribution in [3.8, 4) is 0 Å². The van der Waals surface area contributed by atoms with Crippen LogP contribution >= 0.6 is 11.8 Å². The van der Waals surface area contributed by atoms with E-state index in [9.17, 15) is 22.8 Å². The number of alkyl halides is 3. The van der Waals surface area contributed by atoms with Crippen molar-refractivity contribution in [3.63, 3.8) is 0 Å². The number of amides is 2. The molecule has 0 radical (unpaired) electrons. The molecule has 1 aliphatic rings. The average molecular weight is 346 g/mol. The lowest BCUT2D eigenvalue weighted by Crippen LogP contribution is -2.53. The molecule has 1 heterocycles. The molecule has 2 N–H and O–H groups in total. The van der Waals surface area contributed by atoms with Crippen molar-refractivity contribution in [1.29, 1.82) is 0 Å². The Labute approximate surface area is 136 Å². The second kappa shape index (κ2) is 7.25. The smallest absolute Gasteiger partial charge is 0.344 e. The molecule has 1 aromatic carbocycles. The summed E-state index contributed by atoms with van der Waals surface area (Å²) in [4.78, 5) is 24.9. The first-order chi connectivity index (χ1) is 10.8. The zero-order valence-electron chi connectivity index (χ0n) is 12.4. The lowest BCUT2D eigenvalue weighted by molar-refractivity contribution is -0.170. The lowest BCUT2D eigenvalue weighted by Gasteiger charge is -2.29. The fraction of sp³-hybridized carbons (Fsp3) is 0.467. The van der Waals surface area contributed by atoms with E-state index in [2.05, 4.69) is 5.32 Å². The van der Waals surface area contributed by atoms with Gasteiger partial charge in [-0.25, -0.2) is 0 Å². The molecule has 0 aliphatic carbocycles. The third kappa shape index (κ3) is 4.63. The fourth-order valence-electron chi connectivity index (χ4n) is 2.36. The molecule has 1 saturated heterocycles. The number of rotatable bonds is 4. The molecule has 0 saturated carbocycles. The van der Waals surface area contributed by atoms with Crippen LogP contribution in [-0.2, 0) is 9.59 Å². The number of hydrogen-bond donors (Lipinski definition) is 2. The van der Waals surface area contributed by atoms with E-state index in [1.807, 2.05) is 18.3 Å². The molecule has 2 amide bonds. The molecule has 0 unspecified atom stereocenters. The predicted octanol–water partition coefficient (Wildman–Crippen LogP) is 3.19. The number of halogens is 3. The maximum atomic E-state index is 12.6. The summed E-state index contributed by atoms with van der Waals surface area (Å²) >= 11 is 1.60. The van der Waals surface area contributed by atoms with Crippen LogP contribution in [0.4, 0.5) is 18.9 Å². The summed E-state index contributed by atoms with van der Waals surface area (Å²) in [5.74, 6) is -1.69. The first kappa shape index (κ1) is 17.7. The topological polar surface area (TPSA) is 58.2 Å². The second-order valence-corrected chi connectivity index (χ2v) is 6.52. The molecular weight excluding hydrogens is 329 g/mol. The van der Waals surface area contributed by atoms with Gasteiger partial charge in [0.1, 0.15) is 12.0 Å². The highest BCUT2D eigenvalue weighted by atomic mass is 32.2. The Morgan fingerprint density at radius 3 is 2.74 bits per heavy atom. The van der Waals surface area contributed by atoms with Gasteiger partial charge in [-0.1, -0.05) is 13.0 Å². The monoisotopic (exact) mass is 346 g/mol. The molecule has 1 fully saturated rings. The lowest BCUT2D eigenvalue weighted by atomic mass is 9.92. The average Bonchev–Trinajstić information content (AvgIpc) is 2.46. The van der Waals surface area contributed by atoms with Crippen LogP contribution in [0, 0.1) is 5.92 Å². The molecule has 1 aromatic rings. The normalized spacial score (nSPS) is 21.7. The van der Waals surface area contributed by atoms with Crippen LogP contribution in [0.2, 0.25) is 0 Å². The van der Waals surface area contributed by atoms with Crippen molar-refractivity contribution in [3.05, 3.63) is 24.3 Å². The van der Waals surface area contributed by atoms with Gasteiger partial charge in [-0.2, -0.15) is 13.2 Å². The summed E-state index contributed by atoms with van der Waals surface area (Å²) in [6, 6.07) is 5.24. The Morgan fingerprint density at radius 1 is 1.39 bits per heavy atom. The summed E-state index contributed by atoms with van der Waals surface area (Å²) in [6.45, 7) is 2.00. The van der Waals surface area contributed by atoms with E-state index in [-0.39, 0.29) is 12.8 Å². The van der Waals surface area contributed by atoms with Gasteiger partial charge < -0.3 is 10.6 Å². The Morgan fingerprint density at radius 2 is 2.13 bits per heavy atom. The molecule has 1 aliphatic heterocycles. The van der Waals surface area contributed by atoms with E-state index in [0.29, 0.717) is 5.69 Å². The summed E-state index contributed by atoms with van der Waals surface area (Å²) in [7, 11) is 0. The quantitative estimate of drug-likeness (QED) is 0.650. The van der Waals surface area contributed by atoms with E-state index in [1.54, 1.807) is 30.0 Å². The zero-order chi connectivity index (χ0) is 17.0. The van der Waals surface area contributed by atoms with Crippen LogP contribution in [0.3, 0.4) is 0 Å². The molecule has 2 atom stereocenters. The molecular formula is C15H17F3N2O2S. The molecule has 126 valence electrons. The van der Waals surface area contributed by atoms with Gasteiger partial charge in [0.15, 0.2) is 0 Å². The minimum Gasteiger partial charge on any atom is -0.344 e. The number of anilines is 1. The highest BCUT2D eigenvalue weighted by Gasteiger charge is 2.45. The van der Waals surface area contributed by atoms with Crippen molar-refractivity contribution >= 4 is 29.3 Å². The molecule has 8 heteroatoms. The first-order valence-electron chi connectivity index (χ1n) is 7.22. The number of piperidine rings is 1. The number of hydrogen-bond acceptors (Lipinski definition) is 3. The molecule has 2 rings (SSSR count). The maximum Gasteiger partial charge on any atom is 0.408 e. The van der Waals surface area contributed by atoms with Crippen LogP contribution in [0.5, 0.6) is 0 Å². The van der Waals surface area contributed by atoms with Gasteiger partial charge in [0.25, 0.3) is 0 Å². The van der Waals surface area contributed by atoms with Crippen LogP contribution in [0.1, 0.15) is 19.8 Å². The van der Waals surface area contributed by atoms with Gasteiger partial charge in [0.05, 0.1) is 0 Å². The van der Waals surface area contributed by atoms with Crippen LogP contribution in [0.15, 0.2) is 29.2 Å². The third-order valence-electron chi connectivity index (χ3n) is 3.50. The third-order valence-corrected chi connectivity index (χ3v) is 4.38. The fourth-order valence-corrected chi connectivity index (χ4v) is 3.08. The van der Waals surface area contributed by atoms with E-state index in [1.165, 1.54) is 0 Å². The summed E-state index contributed by atoms with van der Waals surface area (Å²) in [5, 5.41) is 4.48. The maximum absolute atomic E-state index is 12.6.